The van der Waals surface area contributed by atoms with Crippen molar-refractivity contribution in [3.63, 3.8) is 0 Å². The standard InChI is InChI=1S/C18H25ClN6O4S/c1-10-7-22-13(11(2)15(10)28-3)9-25-8-12(5-4-6-29-30(21,26)27)14-16(19)23-18(20)24-17(14)25/h7,12H,4-6,8-9H2,1-3H3,(H2,20,23,24)(H2,21,26,27). The number of nitrogen functional groups attached to an aromatic ring is 1. The van der Waals surface area contributed by atoms with Gasteiger partial charge in [0.15, 0.2) is 0 Å². The lowest BCUT2D eigenvalue weighted by Gasteiger charge is -2.21. The molecule has 0 bridgehead atoms. The largest absolute Gasteiger partial charge is 0.496 e. The molecule has 164 valence electrons. The third kappa shape index (κ3) is 4.91. The Morgan fingerprint density at radius 3 is 2.73 bits per heavy atom. The Morgan fingerprint density at radius 2 is 2.07 bits per heavy atom. The molecular formula is C18H25ClN6O4S. The van der Waals surface area contributed by atoms with Gasteiger partial charge < -0.3 is 15.4 Å². The molecule has 0 aliphatic carbocycles. The van der Waals surface area contributed by atoms with Crippen LogP contribution in [0.5, 0.6) is 5.75 Å². The quantitative estimate of drug-likeness (QED) is 0.448. The summed E-state index contributed by atoms with van der Waals surface area (Å²) >= 11 is 6.38. The fraction of sp³-hybridized carbons (Fsp3) is 0.500. The van der Waals surface area contributed by atoms with Gasteiger partial charge in [-0.25, -0.2) is 10.1 Å². The van der Waals surface area contributed by atoms with Crippen molar-refractivity contribution >= 4 is 33.7 Å². The summed E-state index contributed by atoms with van der Waals surface area (Å²) in [6.45, 7) is 5.01. The number of nitrogens with zero attached hydrogens (tertiary/aromatic N) is 4. The summed E-state index contributed by atoms with van der Waals surface area (Å²) in [5.74, 6) is 1.54. The lowest BCUT2D eigenvalue weighted by atomic mass is 9.99. The molecule has 1 atom stereocenters. The fourth-order valence-corrected chi connectivity index (χ4v) is 4.45. The van der Waals surface area contributed by atoms with E-state index in [0.29, 0.717) is 36.9 Å². The highest BCUT2D eigenvalue weighted by Gasteiger charge is 2.34. The number of anilines is 2. The molecule has 2 aromatic heterocycles. The van der Waals surface area contributed by atoms with Crippen molar-refractivity contribution in [1.29, 1.82) is 0 Å². The minimum Gasteiger partial charge on any atom is -0.496 e. The monoisotopic (exact) mass is 456 g/mol. The average molecular weight is 457 g/mol. The van der Waals surface area contributed by atoms with Gasteiger partial charge in [0.05, 0.1) is 26.0 Å². The maximum Gasteiger partial charge on any atom is 0.333 e. The molecule has 12 heteroatoms. The first-order chi connectivity index (χ1) is 14.1. The second-order valence-electron chi connectivity index (χ2n) is 7.19. The van der Waals surface area contributed by atoms with Gasteiger partial charge in [-0.15, -0.1) is 0 Å². The first kappa shape index (κ1) is 22.5. The molecule has 4 N–H and O–H groups in total. The number of rotatable bonds is 8. The normalized spacial score (nSPS) is 16.0. The molecule has 1 unspecified atom stereocenters. The second-order valence-corrected chi connectivity index (χ2v) is 8.77. The molecule has 0 saturated heterocycles. The lowest BCUT2D eigenvalue weighted by molar-refractivity contribution is 0.305. The molecule has 3 rings (SSSR count). The van der Waals surface area contributed by atoms with Crippen LogP contribution in [0.2, 0.25) is 5.15 Å². The van der Waals surface area contributed by atoms with Crippen LogP contribution in [-0.4, -0.2) is 43.6 Å². The maximum atomic E-state index is 11.0. The number of methoxy groups -OCH3 is 1. The van der Waals surface area contributed by atoms with Crippen molar-refractivity contribution in [2.24, 2.45) is 5.14 Å². The topological polar surface area (TPSA) is 147 Å². The SMILES string of the molecule is COc1c(C)cnc(CN2CC(CCCOS(N)(=O)=O)c3c(Cl)nc(N)nc32)c1C. The molecule has 0 aromatic carbocycles. The van der Waals surface area contributed by atoms with Crippen LogP contribution in [0.3, 0.4) is 0 Å². The highest BCUT2D eigenvalue weighted by atomic mass is 35.5. The summed E-state index contributed by atoms with van der Waals surface area (Å²) in [5, 5.41) is 5.17. The second kappa shape index (κ2) is 8.88. The van der Waals surface area contributed by atoms with Gasteiger partial charge >= 0.3 is 10.3 Å². The molecule has 30 heavy (non-hydrogen) atoms. The van der Waals surface area contributed by atoms with Crippen molar-refractivity contribution in [3.8, 4) is 5.75 Å². The van der Waals surface area contributed by atoms with Crippen LogP contribution in [0.4, 0.5) is 11.8 Å². The fourth-order valence-electron chi connectivity index (χ4n) is 3.77. The van der Waals surface area contributed by atoms with E-state index < -0.39 is 10.3 Å². The Bertz CT molecular complexity index is 1050. The summed E-state index contributed by atoms with van der Waals surface area (Å²) in [5.41, 5.74) is 9.39. The van der Waals surface area contributed by atoms with Crippen molar-refractivity contribution < 1.29 is 17.3 Å². The van der Waals surface area contributed by atoms with Crippen LogP contribution in [0.1, 0.15) is 41.1 Å². The van der Waals surface area contributed by atoms with Gasteiger partial charge in [0.1, 0.15) is 16.7 Å². The summed E-state index contributed by atoms with van der Waals surface area (Å²) in [4.78, 5) is 15.1. The number of ether oxygens (including phenoxy) is 1. The molecule has 0 saturated carbocycles. The Labute approximate surface area is 180 Å². The molecule has 0 amide bonds. The zero-order valence-corrected chi connectivity index (χ0v) is 18.6. The van der Waals surface area contributed by atoms with Crippen LogP contribution in [0.15, 0.2) is 6.20 Å². The average Bonchev–Trinajstić information content (AvgIpc) is 2.98. The zero-order chi connectivity index (χ0) is 22.1. The van der Waals surface area contributed by atoms with E-state index in [1.807, 2.05) is 13.8 Å². The smallest absolute Gasteiger partial charge is 0.333 e. The van der Waals surface area contributed by atoms with Gasteiger partial charge in [-0.2, -0.15) is 13.4 Å². The van der Waals surface area contributed by atoms with Crippen LogP contribution < -0.4 is 20.5 Å². The maximum absolute atomic E-state index is 11.0. The Hall–Kier alpha value is -2.21. The predicted octanol–water partition coefficient (Wildman–Crippen LogP) is 1.84. The van der Waals surface area contributed by atoms with Crippen molar-refractivity contribution in [3.05, 3.63) is 33.7 Å². The Balaban J connectivity index is 1.84. The Kier molecular flexibility index (Phi) is 6.65. The van der Waals surface area contributed by atoms with E-state index in [1.54, 1.807) is 13.3 Å². The molecule has 2 aromatic rings. The number of fused-ring (bicyclic) bond motifs is 1. The minimum atomic E-state index is -3.96. The molecule has 0 spiro atoms. The van der Waals surface area contributed by atoms with E-state index in [4.69, 9.17) is 27.2 Å². The van der Waals surface area contributed by atoms with Gasteiger partial charge in [-0.05, 0) is 26.7 Å². The summed E-state index contributed by atoms with van der Waals surface area (Å²) in [7, 11) is -2.32. The van der Waals surface area contributed by atoms with Gasteiger partial charge in [0.25, 0.3) is 0 Å². The van der Waals surface area contributed by atoms with Crippen LogP contribution in [0.25, 0.3) is 0 Å². The third-order valence-corrected chi connectivity index (χ3v) is 5.86. The van der Waals surface area contributed by atoms with E-state index in [2.05, 4.69) is 24.0 Å². The van der Waals surface area contributed by atoms with Gasteiger partial charge in [-0.3, -0.25) is 9.17 Å². The van der Waals surface area contributed by atoms with Crippen molar-refractivity contribution in [2.45, 2.75) is 39.2 Å². The highest BCUT2D eigenvalue weighted by Crippen LogP contribution is 2.42. The van der Waals surface area contributed by atoms with Crippen LogP contribution >= 0.6 is 11.6 Å². The van der Waals surface area contributed by atoms with E-state index in [-0.39, 0.29) is 18.5 Å². The van der Waals surface area contributed by atoms with E-state index in [0.717, 1.165) is 28.1 Å². The predicted molar refractivity (Wildman–Crippen MR) is 114 cm³/mol. The first-order valence-electron chi connectivity index (χ1n) is 9.34. The number of pyridine rings is 1. The number of hydrogen-bond acceptors (Lipinski definition) is 9. The lowest BCUT2D eigenvalue weighted by Crippen LogP contribution is -2.24. The molecule has 1 aliphatic rings. The highest BCUT2D eigenvalue weighted by molar-refractivity contribution is 7.84. The summed E-state index contributed by atoms with van der Waals surface area (Å²) in [6.07, 6.45) is 2.88. The number of aromatic nitrogens is 3. The zero-order valence-electron chi connectivity index (χ0n) is 17.1. The van der Waals surface area contributed by atoms with Crippen LogP contribution in [0, 0.1) is 13.8 Å². The number of halogens is 1. The molecular weight excluding hydrogens is 432 g/mol. The van der Waals surface area contributed by atoms with Gasteiger partial charge in [0.2, 0.25) is 5.95 Å². The van der Waals surface area contributed by atoms with Crippen LogP contribution in [-0.2, 0) is 21.0 Å². The van der Waals surface area contributed by atoms with Crippen molar-refractivity contribution in [2.75, 3.05) is 30.9 Å². The summed E-state index contributed by atoms with van der Waals surface area (Å²) in [6, 6.07) is 0. The molecule has 0 radical (unpaired) electrons. The molecule has 10 nitrogen and oxygen atoms in total. The number of aryl methyl sites for hydroxylation is 1. The number of hydrogen-bond donors (Lipinski definition) is 2. The molecule has 3 heterocycles. The Morgan fingerprint density at radius 1 is 1.33 bits per heavy atom. The van der Waals surface area contributed by atoms with E-state index in [1.165, 1.54) is 0 Å². The molecule has 0 fully saturated rings. The van der Waals surface area contributed by atoms with Gasteiger partial charge in [-0.1, -0.05) is 11.6 Å². The summed E-state index contributed by atoms with van der Waals surface area (Å²) < 4.78 is 32.0. The van der Waals surface area contributed by atoms with E-state index >= 15 is 0 Å². The number of nitrogens with two attached hydrogens (primary N) is 2. The van der Waals surface area contributed by atoms with Gasteiger partial charge in [0, 0.05) is 35.3 Å². The van der Waals surface area contributed by atoms with Crippen molar-refractivity contribution in [1.82, 2.24) is 15.0 Å². The third-order valence-electron chi connectivity index (χ3n) is 5.08. The minimum absolute atomic E-state index is 0.00601. The van der Waals surface area contributed by atoms with E-state index in [9.17, 15) is 8.42 Å². The first-order valence-corrected chi connectivity index (χ1v) is 11.2. The molecule has 1 aliphatic heterocycles.